The van der Waals surface area contributed by atoms with Crippen LogP contribution in [-0.2, 0) is 6.54 Å². The summed E-state index contributed by atoms with van der Waals surface area (Å²) in [4.78, 5) is 27.2. The monoisotopic (exact) mass is 402 g/mol. The van der Waals surface area contributed by atoms with Crippen LogP contribution in [0.15, 0.2) is 48.8 Å². The van der Waals surface area contributed by atoms with Crippen LogP contribution in [0.4, 0.5) is 13.2 Å². The Morgan fingerprint density at radius 2 is 2.00 bits per heavy atom. The zero-order valence-electron chi connectivity index (χ0n) is 15.3. The Morgan fingerprint density at radius 3 is 2.69 bits per heavy atom. The normalized spacial score (nSPS) is 19.3. The maximum atomic E-state index is 13.0. The van der Waals surface area contributed by atoms with Gasteiger partial charge in [0, 0.05) is 12.4 Å². The topological polar surface area (TPSA) is 68.2 Å². The fourth-order valence-electron chi connectivity index (χ4n) is 3.18. The first-order valence-corrected chi connectivity index (χ1v) is 9.06. The molecular weight excluding hydrogens is 385 g/mol. The number of carbonyl (C=O) groups excluding carboxylic acids is 1. The highest BCUT2D eigenvalue weighted by Crippen LogP contribution is 2.35. The molecule has 1 amide bonds. The Bertz CT molecular complexity index is 973. The van der Waals surface area contributed by atoms with E-state index in [0.29, 0.717) is 36.0 Å². The zero-order valence-corrected chi connectivity index (χ0v) is 15.3. The number of halogens is 3. The van der Waals surface area contributed by atoms with Gasteiger partial charge in [0.05, 0.1) is 24.7 Å². The SMILES string of the molecule is O=C1c2nc(C3=CCC(C(F)(F)F)C=C3)ccc2OCCN1Cc1ncccn1. The molecule has 0 radical (unpaired) electrons. The van der Waals surface area contributed by atoms with Crippen molar-refractivity contribution in [2.75, 3.05) is 13.2 Å². The lowest BCUT2D eigenvalue weighted by Crippen LogP contribution is -2.33. The van der Waals surface area contributed by atoms with Crippen molar-refractivity contribution < 1.29 is 22.7 Å². The van der Waals surface area contributed by atoms with Crippen molar-refractivity contribution in [2.45, 2.75) is 19.1 Å². The molecule has 1 atom stereocenters. The Balaban J connectivity index is 1.58. The lowest BCUT2D eigenvalue weighted by Gasteiger charge is -2.20. The van der Waals surface area contributed by atoms with E-state index in [9.17, 15) is 18.0 Å². The van der Waals surface area contributed by atoms with Crippen LogP contribution in [0.25, 0.3) is 5.57 Å². The van der Waals surface area contributed by atoms with E-state index < -0.39 is 12.1 Å². The summed E-state index contributed by atoms with van der Waals surface area (Å²) in [6.07, 6.45) is 2.78. The predicted molar refractivity (Wildman–Crippen MR) is 97.8 cm³/mol. The second-order valence-corrected chi connectivity index (χ2v) is 6.69. The molecule has 2 aliphatic rings. The Labute approximate surface area is 164 Å². The Hall–Kier alpha value is -3.23. The van der Waals surface area contributed by atoms with Crippen LogP contribution in [-0.4, -0.2) is 45.1 Å². The third kappa shape index (κ3) is 4.13. The van der Waals surface area contributed by atoms with Crippen LogP contribution >= 0.6 is 0 Å². The highest BCUT2D eigenvalue weighted by molar-refractivity contribution is 5.95. The number of nitrogens with zero attached hydrogens (tertiary/aromatic N) is 4. The summed E-state index contributed by atoms with van der Waals surface area (Å²) in [6.45, 7) is 0.853. The maximum Gasteiger partial charge on any atom is 0.395 e. The molecule has 9 heteroatoms. The quantitative estimate of drug-likeness (QED) is 0.787. The zero-order chi connectivity index (χ0) is 20.4. The minimum absolute atomic E-state index is 0.128. The van der Waals surface area contributed by atoms with E-state index in [-0.39, 0.29) is 24.6 Å². The van der Waals surface area contributed by atoms with Gasteiger partial charge in [-0.05, 0) is 30.2 Å². The van der Waals surface area contributed by atoms with Gasteiger partial charge in [0.25, 0.3) is 5.91 Å². The number of hydrogen-bond acceptors (Lipinski definition) is 5. The first-order valence-electron chi connectivity index (χ1n) is 9.06. The molecule has 0 spiro atoms. The van der Waals surface area contributed by atoms with E-state index >= 15 is 0 Å². The maximum absolute atomic E-state index is 13.0. The number of carbonyl (C=O) groups is 1. The van der Waals surface area contributed by atoms with Gasteiger partial charge in [0.15, 0.2) is 11.4 Å². The molecule has 29 heavy (non-hydrogen) atoms. The van der Waals surface area contributed by atoms with Crippen molar-refractivity contribution in [3.05, 3.63) is 66.0 Å². The van der Waals surface area contributed by atoms with Crippen molar-refractivity contribution in [2.24, 2.45) is 5.92 Å². The standard InChI is InChI=1S/C20H17F3N4O2/c21-20(22,23)14-4-2-13(3-5-14)15-6-7-16-18(26-15)19(28)27(10-11-29-16)12-17-24-8-1-9-25-17/h1-4,6-9,14H,5,10-12H2. The minimum Gasteiger partial charge on any atom is -0.489 e. The smallest absolute Gasteiger partial charge is 0.395 e. The number of pyridine rings is 1. The summed E-state index contributed by atoms with van der Waals surface area (Å²) >= 11 is 0. The van der Waals surface area contributed by atoms with Crippen molar-refractivity contribution in [3.63, 3.8) is 0 Å². The molecular formula is C20H17F3N4O2. The van der Waals surface area contributed by atoms with Gasteiger partial charge in [-0.1, -0.05) is 18.2 Å². The summed E-state index contributed by atoms with van der Waals surface area (Å²) in [5, 5.41) is 0. The Morgan fingerprint density at radius 1 is 1.21 bits per heavy atom. The summed E-state index contributed by atoms with van der Waals surface area (Å²) in [7, 11) is 0. The lowest BCUT2D eigenvalue weighted by molar-refractivity contribution is -0.160. The first-order chi connectivity index (χ1) is 13.9. The third-order valence-corrected chi connectivity index (χ3v) is 4.73. The molecule has 1 aliphatic carbocycles. The summed E-state index contributed by atoms with van der Waals surface area (Å²) in [5.41, 5.74) is 1.10. The molecule has 4 rings (SSSR count). The number of fused-ring (bicyclic) bond motifs is 1. The van der Waals surface area contributed by atoms with Crippen LogP contribution < -0.4 is 4.74 Å². The molecule has 150 valence electrons. The van der Waals surface area contributed by atoms with E-state index in [0.717, 1.165) is 6.08 Å². The molecule has 0 fully saturated rings. The Kier molecular flexibility index (Phi) is 5.04. The van der Waals surface area contributed by atoms with Gasteiger partial charge in [0.2, 0.25) is 0 Å². The van der Waals surface area contributed by atoms with E-state index in [1.807, 2.05) is 0 Å². The second-order valence-electron chi connectivity index (χ2n) is 6.69. The van der Waals surface area contributed by atoms with Crippen molar-refractivity contribution in [1.29, 1.82) is 0 Å². The largest absolute Gasteiger partial charge is 0.489 e. The second kappa shape index (κ2) is 7.65. The summed E-state index contributed by atoms with van der Waals surface area (Å²) in [6, 6.07) is 4.96. The third-order valence-electron chi connectivity index (χ3n) is 4.73. The molecule has 1 unspecified atom stereocenters. The van der Waals surface area contributed by atoms with Crippen molar-refractivity contribution >= 4 is 11.5 Å². The van der Waals surface area contributed by atoms with Crippen molar-refractivity contribution in [3.8, 4) is 5.75 Å². The summed E-state index contributed by atoms with van der Waals surface area (Å²) < 4.78 is 44.2. The van der Waals surface area contributed by atoms with Crippen LogP contribution in [0.2, 0.25) is 0 Å². The number of rotatable bonds is 3. The predicted octanol–water partition coefficient (Wildman–Crippen LogP) is 3.43. The molecule has 6 nitrogen and oxygen atoms in total. The van der Waals surface area contributed by atoms with Gasteiger partial charge in [0.1, 0.15) is 12.4 Å². The number of allylic oxidation sites excluding steroid dienone is 4. The van der Waals surface area contributed by atoms with Crippen LogP contribution in [0.1, 0.15) is 28.4 Å². The number of aromatic nitrogens is 3. The van der Waals surface area contributed by atoms with Crippen LogP contribution in [0, 0.1) is 5.92 Å². The number of hydrogen-bond donors (Lipinski definition) is 0. The molecule has 0 N–H and O–H groups in total. The molecule has 3 heterocycles. The fourth-order valence-corrected chi connectivity index (χ4v) is 3.18. The number of amides is 1. The number of ether oxygens (including phenoxy) is 1. The van der Waals surface area contributed by atoms with Gasteiger partial charge in [-0.3, -0.25) is 4.79 Å². The van der Waals surface area contributed by atoms with Crippen LogP contribution in [0.3, 0.4) is 0 Å². The van der Waals surface area contributed by atoms with E-state index in [4.69, 9.17) is 4.74 Å². The average Bonchev–Trinajstić information content (AvgIpc) is 2.87. The highest BCUT2D eigenvalue weighted by atomic mass is 19.4. The molecule has 0 saturated carbocycles. The van der Waals surface area contributed by atoms with Crippen molar-refractivity contribution in [1.82, 2.24) is 19.9 Å². The molecule has 0 bridgehead atoms. The van der Waals surface area contributed by atoms with E-state index in [2.05, 4.69) is 15.0 Å². The average molecular weight is 402 g/mol. The van der Waals surface area contributed by atoms with Gasteiger partial charge in [-0.25, -0.2) is 15.0 Å². The molecule has 2 aromatic rings. The first kappa shape index (κ1) is 19.1. The van der Waals surface area contributed by atoms with Gasteiger partial charge >= 0.3 is 6.18 Å². The van der Waals surface area contributed by atoms with Gasteiger partial charge < -0.3 is 9.64 Å². The molecule has 0 aromatic carbocycles. The summed E-state index contributed by atoms with van der Waals surface area (Å²) in [5.74, 6) is -0.987. The van der Waals surface area contributed by atoms with Gasteiger partial charge in [-0.15, -0.1) is 0 Å². The molecule has 1 aliphatic heterocycles. The minimum atomic E-state index is -4.27. The fraction of sp³-hybridized carbons (Fsp3) is 0.300. The van der Waals surface area contributed by atoms with E-state index in [1.165, 1.54) is 12.2 Å². The van der Waals surface area contributed by atoms with Gasteiger partial charge in [-0.2, -0.15) is 13.2 Å². The molecule has 2 aromatic heterocycles. The number of alkyl halides is 3. The van der Waals surface area contributed by atoms with E-state index in [1.54, 1.807) is 35.5 Å². The molecule has 0 saturated heterocycles. The highest BCUT2D eigenvalue weighted by Gasteiger charge is 2.38. The lowest BCUT2D eigenvalue weighted by atomic mass is 9.94. The van der Waals surface area contributed by atoms with Crippen LogP contribution in [0.5, 0.6) is 5.75 Å².